The van der Waals surface area contributed by atoms with Crippen molar-refractivity contribution in [1.82, 2.24) is 9.80 Å². The third kappa shape index (κ3) is 8.79. The van der Waals surface area contributed by atoms with E-state index in [1.807, 2.05) is 51.1 Å². The maximum atomic E-state index is 12.8. The molecule has 6 nitrogen and oxygen atoms in total. The first kappa shape index (κ1) is 26.9. The minimum absolute atomic E-state index is 0.164. The highest BCUT2D eigenvalue weighted by molar-refractivity contribution is 5.96. The molecule has 1 heterocycles. The van der Waals surface area contributed by atoms with Gasteiger partial charge in [0, 0.05) is 32.1 Å². The van der Waals surface area contributed by atoms with E-state index in [1.165, 1.54) is 10.5 Å². The molecule has 1 unspecified atom stereocenters. The summed E-state index contributed by atoms with van der Waals surface area (Å²) in [6.45, 7) is 8.87. The van der Waals surface area contributed by atoms with Gasteiger partial charge in [-0.25, -0.2) is 4.79 Å². The number of benzene rings is 2. The molecule has 190 valence electrons. The van der Waals surface area contributed by atoms with Crippen molar-refractivity contribution in [3.8, 4) is 0 Å². The van der Waals surface area contributed by atoms with Crippen molar-refractivity contribution in [2.75, 3.05) is 26.7 Å². The fraction of sp³-hybridized carbons (Fsp3) is 0.517. The molecule has 1 fully saturated rings. The molecule has 1 saturated heterocycles. The van der Waals surface area contributed by atoms with E-state index in [4.69, 9.17) is 4.74 Å². The Bertz CT molecular complexity index is 945. The maximum absolute atomic E-state index is 12.8. The molecule has 1 aliphatic heterocycles. The number of piperidine rings is 1. The number of hydrogen-bond acceptors (Lipinski definition) is 5. The van der Waals surface area contributed by atoms with Crippen LogP contribution in [0.2, 0.25) is 0 Å². The normalized spacial score (nSPS) is 16.0. The zero-order chi connectivity index (χ0) is 25.4. The van der Waals surface area contributed by atoms with Crippen LogP contribution in [0, 0.1) is 5.92 Å². The third-order valence-corrected chi connectivity index (χ3v) is 6.49. The molecule has 1 amide bonds. The predicted octanol–water partition coefficient (Wildman–Crippen LogP) is 5.46. The van der Waals surface area contributed by atoms with Gasteiger partial charge in [0.1, 0.15) is 5.60 Å². The van der Waals surface area contributed by atoms with E-state index in [0.717, 1.165) is 38.0 Å². The average Bonchev–Trinajstić information content (AvgIpc) is 2.83. The summed E-state index contributed by atoms with van der Waals surface area (Å²) in [6, 6.07) is 17.8. The van der Waals surface area contributed by atoms with Gasteiger partial charge in [-0.05, 0) is 70.2 Å². The highest BCUT2D eigenvalue weighted by Gasteiger charge is 2.23. The van der Waals surface area contributed by atoms with E-state index in [2.05, 4.69) is 29.2 Å². The number of nitrogens with zero attached hydrogens (tertiary/aromatic N) is 2. The van der Waals surface area contributed by atoms with Crippen LogP contribution in [0.25, 0.3) is 0 Å². The zero-order valence-electron chi connectivity index (χ0n) is 21.6. The van der Waals surface area contributed by atoms with Crippen molar-refractivity contribution in [3.05, 3.63) is 71.3 Å². The number of ketones is 1. The van der Waals surface area contributed by atoms with Gasteiger partial charge in [0.15, 0.2) is 5.78 Å². The number of rotatable bonds is 9. The molecular weight excluding hydrogens is 440 g/mol. The largest absolute Gasteiger partial charge is 0.444 e. The number of carbonyl (C=O) groups excluding carboxylic acids is 2. The van der Waals surface area contributed by atoms with Gasteiger partial charge in [-0.1, -0.05) is 54.6 Å². The van der Waals surface area contributed by atoms with Crippen molar-refractivity contribution in [2.24, 2.45) is 5.92 Å². The van der Waals surface area contributed by atoms with Gasteiger partial charge in [0.2, 0.25) is 0 Å². The lowest BCUT2D eigenvalue weighted by molar-refractivity contribution is 0.0273. The van der Waals surface area contributed by atoms with Gasteiger partial charge in [-0.2, -0.15) is 0 Å². The summed E-state index contributed by atoms with van der Waals surface area (Å²) in [6.07, 6.45) is 1.93. The first-order valence-corrected chi connectivity index (χ1v) is 12.6. The van der Waals surface area contributed by atoms with Gasteiger partial charge in [-0.15, -0.1) is 0 Å². The lowest BCUT2D eigenvalue weighted by atomic mass is 9.89. The van der Waals surface area contributed by atoms with Crippen molar-refractivity contribution in [2.45, 2.75) is 64.7 Å². The lowest BCUT2D eigenvalue weighted by Crippen LogP contribution is -2.35. The molecule has 0 spiro atoms. The molecule has 6 heteroatoms. The Morgan fingerprint density at radius 2 is 1.69 bits per heavy atom. The van der Waals surface area contributed by atoms with E-state index < -0.39 is 17.8 Å². The van der Waals surface area contributed by atoms with Crippen LogP contribution >= 0.6 is 0 Å². The molecule has 0 saturated carbocycles. The molecule has 2 aromatic rings. The first-order chi connectivity index (χ1) is 16.6. The summed E-state index contributed by atoms with van der Waals surface area (Å²) in [5.74, 6) is 0.584. The highest BCUT2D eigenvalue weighted by atomic mass is 16.6. The van der Waals surface area contributed by atoms with Crippen LogP contribution in [0.5, 0.6) is 0 Å². The summed E-state index contributed by atoms with van der Waals surface area (Å²) in [5.41, 5.74) is 2.22. The smallest absolute Gasteiger partial charge is 0.410 e. The van der Waals surface area contributed by atoms with Crippen molar-refractivity contribution >= 4 is 11.9 Å². The topological polar surface area (TPSA) is 70.1 Å². The number of amides is 1. The van der Waals surface area contributed by atoms with Gasteiger partial charge in [0.25, 0.3) is 0 Å². The van der Waals surface area contributed by atoms with Crippen LogP contribution in [0.15, 0.2) is 54.6 Å². The monoisotopic (exact) mass is 480 g/mol. The van der Waals surface area contributed by atoms with Crippen molar-refractivity contribution in [3.63, 3.8) is 0 Å². The fourth-order valence-electron chi connectivity index (χ4n) is 4.38. The molecule has 3 rings (SSSR count). The van der Waals surface area contributed by atoms with Crippen LogP contribution in [0.3, 0.4) is 0 Å². The van der Waals surface area contributed by atoms with Gasteiger partial charge in [-0.3, -0.25) is 9.69 Å². The molecular formula is C29H40N2O4. The Labute approximate surface area is 209 Å². The zero-order valence-corrected chi connectivity index (χ0v) is 21.6. The average molecular weight is 481 g/mol. The van der Waals surface area contributed by atoms with Crippen LogP contribution in [0.1, 0.15) is 74.0 Å². The Balaban J connectivity index is 1.42. The number of Topliss-reactive ketones (excluding diaryl/α,β-unsaturated/α-hetero) is 1. The van der Waals surface area contributed by atoms with Crippen LogP contribution in [-0.2, 0) is 11.3 Å². The lowest BCUT2D eigenvalue weighted by Gasteiger charge is -2.31. The summed E-state index contributed by atoms with van der Waals surface area (Å²) in [5, 5.41) is 10.5. The van der Waals surface area contributed by atoms with Gasteiger partial charge in [0.05, 0.1) is 6.10 Å². The van der Waals surface area contributed by atoms with E-state index in [9.17, 15) is 14.7 Å². The molecule has 0 aliphatic carbocycles. The molecule has 1 N–H and O–H groups in total. The van der Waals surface area contributed by atoms with Crippen LogP contribution in [-0.4, -0.2) is 59.1 Å². The molecule has 0 radical (unpaired) electrons. The van der Waals surface area contributed by atoms with Crippen molar-refractivity contribution < 1.29 is 19.4 Å². The second-order valence-corrected chi connectivity index (χ2v) is 10.7. The Morgan fingerprint density at radius 3 is 2.29 bits per heavy atom. The van der Waals surface area contributed by atoms with Gasteiger partial charge < -0.3 is 14.7 Å². The number of carbonyl (C=O) groups is 2. The van der Waals surface area contributed by atoms with Crippen LogP contribution < -0.4 is 0 Å². The number of hydrogen-bond donors (Lipinski definition) is 1. The fourth-order valence-corrected chi connectivity index (χ4v) is 4.38. The highest BCUT2D eigenvalue weighted by Crippen LogP contribution is 2.25. The Hall–Kier alpha value is -2.70. The van der Waals surface area contributed by atoms with Crippen LogP contribution in [0.4, 0.5) is 4.79 Å². The molecule has 35 heavy (non-hydrogen) atoms. The first-order valence-electron chi connectivity index (χ1n) is 12.6. The Morgan fingerprint density at radius 1 is 1.06 bits per heavy atom. The quantitative estimate of drug-likeness (QED) is 0.483. The van der Waals surface area contributed by atoms with E-state index in [-0.39, 0.29) is 5.78 Å². The molecule has 1 aliphatic rings. The summed E-state index contributed by atoms with van der Waals surface area (Å²) >= 11 is 0. The minimum atomic E-state index is -0.710. The van der Waals surface area contributed by atoms with E-state index in [1.54, 1.807) is 7.05 Å². The SMILES string of the molecule is CN(CCC(O)c1ccc(C(=O)CC2CCN(Cc3ccccc3)CC2)cc1)C(=O)OC(C)(C)C. The molecule has 1 atom stereocenters. The summed E-state index contributed by atoms with van der Waals surface area (Å²) < 4.78 is 5.34. The van der Waals surface area contributed by atoms with Crippen molar-refractivity contribution in [1.29, 1.82) is 0 Å². The minimum Gasteiger partial charge on any atom is -0.444 e. The molecule has 0 aromatic heterocycles. The summed E-state index contributed by atoms with van der Waals surface area (Å²) in [7, 11) is 1.66. The molecule has 2 aromatic carbocycles. The van der Waals surface area contributed by atoms with Gasteiger partial charge >= 0.3 is 6.09 Å². The third-order valence-electron chi connectivity index (χ3n) is 6.49. The standard InChI is InChI=1S/C29H40N2O4/c1-29(2,3)35-28(34)30(4)17-16-26(32)24-10-12-25(13-11-24)27(33)20-22-14-18-31(19-15-22)21-23-8-6-5-7-9-23/h5-13,22,26,32H,14-21H2,1-4H3. The number of likely N-dealkylation sites (tertiary alicyclic amines) is 1. The second kappa shape index (κ2) is 12.3. The number of aliphatic hydroxyl groups excluding tert-OH is 1. The Kier molecular flexibility index (Phi) is 9.47. The second-order valence-electron chi connectivity index (χ2n) is 10.7. The number of aliphatic hydroxyl groups is 1. The van der Waals surface area contributed by atoms with E-state index in [0.29, 0.717) is 30.9 Å². The maximum Gasteiger partial charge on any atom is 0.410 e. The predicted molar refractivity (Wildman–Crippen MR) is 138 cm³/mol. The molecule has 0 bridgehead atoms. The number of ether oxygens (including phenoxy) is 1. The summed E-state index contributed by atoms with van der Waals surface area (Å²) in [4.78, 5) is 28.8. The van der Waals surface area contributed by atoms with E-state index >= 15 is 0 Å².